The molecule has 1 aliphatic heterocycles. The minimum Gasteiger partial charge on any atom is -0.493 e. The molecule has 1 unspecified atom stereocenters. The van der Waals surface area contributed by atoms with Crippen molar-refractivity contribution in [3.63, 3.8) is 0 Å². The van der Waals surface area contributed by atoms with Crippen LogP contribution >= 0.6 is 0 Å². The van der Waals surface area contributed by atoms with E-state index in [0.717, 1.165) is 61.9 Å². The Hall–Kier alpha value is -2.81. The Morgan fingerprint density at radius 1 is 1.26 bits per heavy atom. The fourth-order valence-electron chi connectivity index (χ4n) is 3.95. The largest absolute Gasteiger partial charge is 0.493 e. The molecule has 1 saturated heterocycles. The Balaban J connectivity index is 1.27. The molecule has 1 N–H and O–H groups in total. The highest BCUT2D eigenvalue weighted by Crippen LogP contribution is 2.31. The maximum absolute atomic E-state index is 12.8. The highest BCUT2D eigenvalue weighted by molar-refractivity contribution is 5.30. The Morgan fingerprint density at radius 2 is 2.13 bits per heavy atom. The SMILES string of the molecule is CCn1ccnc1CN1CCC(c2cc(CCOc3cccc(C(F)(F)F)c3)[nH]n2)C1. The van der Waals surface area contributed by atoms with Crippen molar-refractivity contribution in [3.05, 3.63) is 65.5 Å². The Bertz CT molecular complexity index is 997. The first kappa shape index (κ1) is 21.4. The fraction of sp³-hybridized carbons (Fsp3) is 0.455. The van der Waals surface area contributed by atoms with Gasteiger partial charge >= 0.3 is 6.18 Å². The number of benzene rings is 1. The van der Waals surface area contributed by atoms with Crippen LogP contribution in [0.1, 0.15) is 42.0 Å². The molecule has 1 fully saturated rings. The number of aryl methyl sites for hydroxylation is 1. The second kappa shape index (κ2) is 9.13. The maximum Gasteiger partial charge on any atom is 0.416 e. The van der Waals surface area contributed by atoms with Gasteiger partial charge in [0, 0.05) is 43.5 Å². The molecule has 0 amide bonds. The third kappa shape index (κ3) is 5.28. The number of rotatable bonds is 8. The monoisotopic (exact) mass is 433 g/mol. The van der Waals surface area contributed by atoms with Crippen LogP contribution in [-0.4, -0.2) is 44.3 Å². The van der Waals surface area contributed by atoms with Gasteiger partial charge in [-0.1, -0.05) is 6.07 Å². The van der Waals surface area contributed by atoms with Gasteiger partial charge in [-0.3, -0.25) is 10.00 Å². The summed E-state index contributed by atoms with van der Waals surface area (Å²) in [4.78, 5) is 6.85. The fourth-order valence-corrected chi connectivity index (χ4v) is 3.95. The molecule has 4 rings (SSSR count). The number of aromatic amines is 1. The number of hydrogen-bond acceptors (Lipinski definition) is 4. The molecular weight excluding hydrogens is 407 g/mol. The Labute approximate surface area is 179 Å². The zero-order chi connectivity index (χ0) is 21.8. The molecule has 0 spiro atoms. The number of likely N-dealkylation sites (tertiary alicyclic amines) is 1. The molecule has 31 heavy (non-hydrogen) atoms. The van der Waals surface area contributed by atoms with E-state index in [1.54, 1.807) is 0 Å². The van der Waals surface area contributed by atoms with Gasteiger partial charge in [-0.15, -0.1) is 0 Å². The average Bonchev–Trinajstić information content (AvgIpc) is 3.49. The average molecular weight is 433 g/mol. The molecule has 0 aliphatic carbocycles. The summed E-state index contributed by atoms with van der Waals surface area (Å²) in [5.41, 5.74) is 1.23. The zero-order valence-electron chi connectivity index (χ0n) is 17.4. The number of imidazole rings is 1. The van der Waals surface area contributed by atoms with Crippen LogP contribution in [0.5, 0.6) is 5.75 Å². The quantitative estimate of drug-likeness (QED) is 0.577. The van der Waals surface area contributed by atoms with Gasteiger partial charge in [0.1, 0.15) is 11.6 Å². The number of nitrogens with zero attached hydrogens (tertiary/aromatic N) is 4. The van der Waals surface area contributed by atoms with Gasteiger partial charge in [-0.25, -0.2) is 4.98 Å². The van der Waals surface area contributed by atoms with Crippen LogP contribution in [0.15, 0.2) is 42.7 Å². The second-order valence-electron chi connectivity index (χ2n) is 7.79. The number of aromatic nitrogens is 4. The standard InChI is InChI=1S/C22H26F3N5O/c1-2-30-10-8-26-21(30)15-29-9-6-16(14-29)20-13-18(27-28-20)7-11-31-19-5-3-4-17(12-19)22(23,24)25/h3-5,8,10,12-13,16H,2,6-7,9,11,14-15H2,1H3,(H,27,28). The van der Waals surface area contributed by atoms with Gasteiger partial charge in [0.2, 0.25) is 0 Å². The van der Waals surface area contributed by atoms with E-state index in [4.69, 9.17) is 4.74 Å². The molecule has 6 nitrogen and oxygen atoms in total. The first-order valence-corrected chi connectivity index (χ1v) is 10.5. The third-order valence-electron chi connectivity index (χ3n) is 5.65. The topological polar surface area (TPSA) is 59.0 Å². The predicted octanol–water partition coefficient (Wildman–Crippen LogP) is 4.26. The van der Waals surface area contributed by atoms with Crippen LogP contribution < -0.4 is 4.74 Å². The van der Waals surface area contributed by atoms with Gasteiger partial charge in [0.05, 0.1) is 24.4 Å². The molecule has 3 heterocycles. The minimum atomic E-state index is -4.37. The smallest absolute Gasteiger partial charge is 0.416 e. The first-order valence-electron chi connectivity index (χ1n) is 10.5. The van der Waals surface area contributed by atoms with Crippen LogP contribution in [0, 0.1) is 0 Å². The van der Waals surface area contributed by atoms with E-state index in [1.807, 2.05) is 18.5 Å². The predicted molar refractivity (Wildman–Crippen MR) is 110 cm³/mol. The van der Waals surface area contributed by atoms with E-state index >= 15 is 0 Å². The molecule has 1 aromatic carbocycles. The maximum atomic E-state index is 12.8. The van der Waals surface area contributed by atoms with Crippen molar-refractivity contribution in [1.29, 1.82) is 0 Å². The molecule has 3 aromatic rings. The molecule has 0 bridgehead atoms. The summed E-state index contributed by atoms with van der Waals surface area (Å²) >= 11 is 0. The number of alkyl halides is 3. The summed E-state index contributed by atoms with van der Waals surface area (Å²) in [7, 11) is 0. The number of halogens is 3. The lowest BCUT2D eigenvalue weighted by molar-refractivity contribution is -0.137. The van der Waals surface area contributed by atoms with Crippen LogP contribution in [0.4, 0.5) is 13.2 Å². The molecule has 166 valence electrons. The summed E-state index contributed by atoms with van der Waals surface area (Å²) in [6, 6.07) is 6.98. The van der Waals surface area contributed by atoms with E-state index in [1.165, 1.54) is 12.1 Å². The molecule has 9 heteroatoms. The van der Waals surface area contributed by atoms with E-state index in [0.29, 0.717) is 12.3 Å². The van der Waals surface area contributed by atoms with Crippen molar-refractivity contribution in [2.24, 2.45) is 0 Å². The van der Waals surface area contributed by atoms with E-state index in [-0.39, 0.29) is 12.4 Å². The Kier molecular flexibility index (Phi) is 6.31. The lowest BCUT2D eigenvalue weighted by Gasteiger charge is -2.15. The highest BCUT2D eigenvalue weighted by atomic mass is 19.4. The van der Waals surface area contributed by atoms with E-state index < -0.39 is 11.7 Å². The number of nitrogens with one attached hydrogen (secondary N) is 1. The van der Waals surface area contributed by atoms with Crippen molar-refractivity contribution in [1.82, 2.24) is 24.6 Å². The van der Waals surface area contributed by atoms with E-state index in [9.17, 15) is 13.2 Å². The van der Waals surface area contributed by atoms with Crippen molar-refractivity contribution in [2.45, 2.75) is 44.9 Å². The van der Waals surface area contributed by atoms with Gasteiger partial charge in [-0.2, -0.15) is 18.3 Å². The highest BCUT2D eigenvalue weighted by Gasteiger charge is 2.30. The second-order valence-corrected chi connectivity index (χ2v) is 7.79. The molecule has 0 radical (unpaired) electrons. The summed E-state index contributed by atoms with van der Waals surface area (Å²) in [6.45, 7) is 6.07. The normalized spacial score (nSPS) is 17.4. The molecule has 2 aromatic heterocycles. The minimum absolute atomic E-state index is 0.214. The summed E-state index contributed by atoms with van der Waals surface area (Å²) in [6.07, 6.45) is 1.06. The number of H-pyrrole nitrogens is 1. The number of ether oxygens (including phenoxy) is 1. The summed E-state index contributed by atoms with van der Waals surface area (Å²) < 4.78 is 46.1. The first-order chi connectivity index (χ1) is 14.9. The molecule has 1 atom stereocenters. The van der Waals surface area contributed by atoms with Crippen LogP contribution in [0.25, 0.3) is 0 Å². The Morgan fingerprint density at radius 3 is 2.94 bits per heavy atom. The molecular formula is C22H26F3N5O. The zero-order valence-corrected chi connectivity index (χ0v) is 17.4. The molecule has 0 saturated carbocycles. The lowest BCUT2D eigenvalue weighted by Crippen LogP contribution is -2.22. The van der Waals surface area contributed by atoms with Crippen molar-refractivity contribution in [3.8, 4) is 5.75 Å². The van der Waals surface area contributed by atoms with Gasteiger partial charge in [-0.05, 0) is 44.2 Å². The lowest BCUT2D eigenvalue weighted by atomic mass is 10.0. The van der Waals surface area contributed by atoms with Crippen molar-refractivity contribution >= 4 is 0 Å². The van der Waals surface area contributed by atoms with Gasteiger partial charge < -0.3 is 9.30 Å². The molecule has 1 aliphatic rings. The van der Waals surface area contributed by atoms with Gasteiger partial charge in [0.25, 0.3) is 0 Å². The number of hydrogen-bond donors (Lipinski definition) is 1. The van der Waals surface area contributed by atoms with Crippen LogP contribution in [0.3, 0.4) is 0 Å². The van der Waals surface area contributed by atoms with Gasteiger partial charge in [0.15, 0.2) is 0 Å². The third-order valence-corrected chi connectivity index (χ3v) is 5.65. The van der Waals surface area contributed by atoms with Crippen molar-refractivity contribution < 1.29 is 17.9 Å². The van der Waals surface area contributed by atoms with Crippen LogP contribution in [0.2, 0.25) is 0 Å². The van der Waals surface area contributed by atoms with Crippen molar-refractivity contribution in [2.75, 3.05) is 19.7 Å². The summed E-state index contributed by atoms with van der Waals surface area (Å²) in [5.74, 6) is 1.66. The van der Waals surface area contributed by atoms with Crippen LogP contribution in [-0.2, 0) is 25.7 Å². The van der Waals surface area contributed by atoms with E-state index in [2.05, 4.69) is 31.6 Å². The summed E-state index contributed by atoms with van der Waals surface area (Å²) in [5, 5.41) is 7.50.